The fourth-order valence-corrected chi connectivity index (χ4v) is 7.55. The molecule has 0 aliphatic carbocycles. The molecule has 1 aliphatic rings. The number of aromatic nitrogens is 1. The third kappa shape index (κ3) is 4.04. The van der Waals surface area contributed by atoms with E-state index in [2.05, 4.69) is 5.32 Å². The predicted molar refractivity (Wildman–Crippen MR) is 157 cm³/mol. The molecule has 0 atom stereocenters. The second kappa shape index (κ2) is 9.58. The van der Waals surface area contributed by atoms with Crippen LogP contribution in [0.15, 0.2) is 75.9 Å². The Bertz CT molecular complexity index is 2010. The number of fused-ring (bicyclic) bond motifs is 5. The van der Waals surface area contributed by atoms with Gasteiger partial charge in [-0.05, 0) is 47.0 Å². The van der Waals surface area contributed by atoms with Crippen LogP contribution in [0.5, 0.6) is 0 Å². The van der Waals surface area contributed by atoms with E-state index in [0.717, 1.165) is 42.0 Å². The van der Waals surface area contributed by atoms with Crippen molar-refractivity contribution in [2.24, 2.45) is 0 Å². The van der Waals surface area contributed by atoms with Crippen LogP contribution in [-0.2, 0) is 17.7 Å². The number of benzene rings is 3. The number of thiophene rings is 1. The molecule has 198 valence electrons. The lowest BCUT2D eigenvalue weighted by Crippen LogP contribution is -2.35. The monoisotopic (exact) mass is 567 g/mol. The number of thiazole rings is 1. The highest BCUT2D eigenvalue weighted by Crippen LogP contribution is 2.46. The van der Waals surface area contributed by atoms with Crippen molar-refractivity contribution in [2.75, 3.05) is 19.0 Å². The molecule has 40 heavy (non-hydrogen) atoms. The SMILES string of the molecule is COC(=O)N1CCc2c(sc(NC(=O)c3cc4c(ccc5ccccc54)oc3=O)c2-c2nc3ccccc3s2)C1. The Morgan fingerprint density at radius 2 is 1.85 bits per heavy atom. The average Bonchev–Trinajstić information content (AvgIpc) is 3.56. The quantitative estimate of drug-likeness (QED) is 0.190. The first-order valence-corrected chi connectivity index (χ1v) is 14.2. The number of nitrogens with zero attached hydrogens (tertiary/aromatic N) is 2. The van der Waals surface area contributed by atoms with Crippen LogP contribution in [-0.4, -0.2) is 35.5 Å². The van der Waals surface area contributed by atoms with Crippen LogP contribution in [0.25, 0.3) is 42.5 Å². The zero-order valence-corrected chi connectivity index (χ0v) is 22.9. The van der Waals surface area contributed by atoms with Crippen molar-refractivity contribution >= 4 is 71.6 Å². The first-order chi connectivity index (χ1) is 19.5. The molecule has 3 aromatic carbocycles. The summed E-state index contributed by atoms with van der Waals surface area (Å²) in [5.41, 5.74) is 2.37. The van der Waals surface area contributed by atoms with Gasteiger partial charge in [-0.1, -0.05) is 42.5 Å². The van der Waals surface area contributed by atoms with Crippen LogP contribution >= 0.6 is 22.7 Å². The summed E-state index contributed by atoms with van der Waals surface area (Å²) in [5, 5.41) is 6.91. The molecule has 1 aliphatic heterocycles. The molecule has 0 radical (unpaired) electrons. The van der Waals surface area contributed by atoms with Crippen LogP contribution in [0.3, 0.4) is 0 Å². The highest BCUT2D eigenvalue weighted by molar-refractivity contribution is 7.23. The van der Waals surface area contributed by atoms with Crippen molar-refractivity contribution in [1.82, 2.24) is 9.88 Å². The van der Waals surface area contributed by atoms with Gasteiger partial charge in [-0.2, -0.15) is 0 Å². The second-order valence-electron chi connectivity index (χ2n) is 9.44. The Kier molecular flexibility index (Phi) is 5.87. The zero-order valence-electron chi connectivity index (χ0n) is 21.2. The number of methoxy groups -OCH3 is 1. The van der Waals surface area contributed by atoms with Gasteiger partial charge in [0.1, 0.15) is 21.2 Å². The molecule has 0 unspecified atom stereocenters. The molecule has 0 saturated heterocycles. The third-order valence-electron chi connectivity index (χ3n) is 7.11. The standard InChI is InChI=1S/C30H21N3O5S2/c1-37-30(36)33-13-12-18-24(15-33)40-28(25(18)27-31-21-8-4-5-9-23(21)39-27)32-26(34)20-14-19-17-7-3-2-6-16(17)10-11-22(19)38-29(20)35/h2-11,14H,12-13,15H2,1H3,(H,32,34). The number of ether oxygens (including phenoxy) is 1. The number of carbonyl (C=O) groups is 2. The lowest BCUT2D eigenvalue weighted by Gasteiger charge is -2.25. The van der Waals surface area contributed by atoms with Crippen LogP contribution in [0.2, 0.25) is 0 Å². The molecule has 10 heteroatoms. The smallest absolute Gasteiger partial charge is 0.409 e. The number of nitrogens with one attached hydrogen (secondary N) is 1. The lowest BCUT2D eigenvalue weighted by molar-refractivity contribution is 0.102. The zero-order chi connectivity index (χ0) is 27.4. The van der Waals surface area contributed by atoms with Gasteiger partial charge in [0.25, 0.3) is 5.91 Å². The fraction of sp³-hybridized carbons (Fsp3) is 0.133. The van der Waals surface area contributed by atoms with E-state index in [-0.39, 0.29) is 5.56 Å². The molecule has 0 fully saturated rings. The molecule has 0 saturated carbocycles. The summed E-state index contributed by atoms with van der Waals surface area (Å²) in [7, 11) is 1.36. The topological polar surface area (TPSA) is 102 Å². The van der Waals surface area contributed by atoms with E-state index in [9.17, 15) is 14.4 Å². The van der Waals surface area contributed by atoms with E-state index in [1.165, 1.54) is 18.4 Å². The Balaban J connectivity index is 1.33. The molecular formula is C30H21N3O5S2. The maximum atomic E-state index is 13.6. The van der Waals surface area contributed by atoms with Crippen molar-refractivity contribution in [3.05, 3.63) is 93.2 Å². The molecular weight excluding hydrogens is 546 g/mol. The van der Waals surface area contributed by atoms with E-state index >= 15 is 0 Å². The van der Waals surface area contributed by atoms with Crippen molar-refractivity contribution in [3.8, 4) is 10.6 Å². The summed E-state index contributed by atoms with van der Waals surface area (Å²) in [6.07, 6.45) is 0.193. The van der Waals surface area contributed by atoms with Gasteiger partial charge in [0.05, 0.1) is 23.9 Å². The van der Waals surface area contributed by atoms with Crippen molar-refractivity contribution < 1.29 is 18.7 Å². The second-order valence-corrected chi connectivity index (χ2v) is 11.6. The van der Waals surface area contributed by atoms with E-state index in [1.54, 1.807) is 28.4 Å². The van der Waals surface area contributed by atoms with Crippen molar-refractivity contribution in [2.45, 2.75) is 13.0 Å². The van der Waals surface area contributed by atoms with Crippen molar-refractivity contribution in [1.29, 1.82) is 0 Å². The van der Waals surface area contributed by atoms with Gasteiger partial charge in [-0.15, -0.1) is 22.7 Å². The van der Waals surface area contributed by atoms with E-state index in [4.69, 9.17) is 14.1 Å². The third-order valence-corrected chi connectivity index (χ3v) is 9.30. The number of anilines is 1. The summed E-state index contributed by atoms with van der Waals surface area (Å²) in [4.78, 5) is 46.2. The summed E-state index contributed by atoms with van der Waals surface area (Å²) in [6.45, 7) is 0.855. The number of amides is 2. The number of carbonyl (C=O) groups excluding carboxylic acids is 2. The molecule has 3 aromatic heterocycles. The van der Waals surface area contributed by atoms with Crippen LogP contribution in [0.4, 0.5) is 9.80 Å². The summed E-state index contributed by atoms with van der Waals surface area (Å²) >= 11 is 2.93. The summed E-state index contributed by atoms with van der Waals surface area (Å²) in [5.74, 6) is -0.561. The molecule has 0 spiro atoms. The number of rotatable bonds is 3. The minimum atomic E-state index is -0.708. The maximum absolute atomic E-state index is 13.6. The van der Waals surface area contributed by atoms with Gasteiger partial charge >= 0.3 is 11.7 Å². The molecule has 7 rings (SSSR count). The molecule has 4 heterocycles. The Morgan fingerprint density at radius 1 is 1.02 bits per heavy atom. The number of hydrogen-bond donors (Lipinski definition) is 1. The maximum Gasteiger partial charge on any atom is 0.409 e. The largest absolute Gasteiger partial charge is 0.453 e. The van der Waals surface area contributed by atoms with Crippen molar-refractivity contribution in [3.63, 3.8) is 0 Å². The fourth-order valence-electron chi connectivity index (χ4n) is 5.18. The highest BCUT2D eigenvalue weighted by Gasteiger charge is 2.30. The molecule has 0 bridgehead atoms. The van der Waals surface area contributed by atoms with Gasteiger partial charge in [-0.25, -0.2) is 14.6 Å². The minimum Gasteiger partial charge on any atom is -0.453 e. The van der Waals surface area contributed by atoms with E-state index in [0.29, 0.717) is 35.5 Å². The average molecular weight is 568 g/mol. The van der Waals surface area contributed by atoms with Crippen LogP contribution < -0.4 is 10.9 Å². The van der Waals surface area contributed by atoms with Gasteiger partial charge in [0.2, 0.25) is 0 Å². The van der Waals surface area contributed by atoms with Gasteiger partial charge in [-0.3, -0.25) is 4.79 Å². The lowest BCUT2D eigenvalue weighted by atomic mass is 10.0. The van der Waals surface area contributed by atoms with E-state index < -0.39 is 17.6 Å². The normalized spacial score (nSPS) is 13.1. The first kappa shape index (κ1) is 24.5. The predicted octanol–water partition coefficient (Wildman–Crippen LogP) is 6.66. The van der Waals surface area contributed by atoms with Crippen LogP contribution in [0.1, 0.15) is 20.8 Å². The number of para-hydroxylation sites is 1. The van der Waals surface area contributed by atoms with E-state index in [1.807, 2.05) is 54.6 Å². The Morgan fingerprint density at radius 3 is 2.70 bits per heavy atom. The molecule has 8 nitrogen and oxygen atoms in total. The van der Waals surface area contributed by atoms with Gasteiger partial charge < -0.3 is 19.4 Å². The molecule has 6 aromatic rings. The minimum absolute atomic E-state index is 0.0818. The Labute approximate surface area is 235 Å². The highest BCUT2D eigenvalue weighted by atomic mass is 32.1. The van der Waals surface area contributed by atoms with Crippen LogP contribution in [0, 0.1) is 0 Å². The summed E-state index contributed by atoms with van der Waals surface area (Å²) < 4.78 is 11.5. The van der Waals surface area contributed by atoms with Gasteiger partial charge in [0.15, 0.2) is 0 Å². The number of hydrogen-bond acceptors (Lipinski definition) is 8. The first-order valence-electron chi connectivity index (χ1n) is 12.6. The Hall–Kier alpha value is -4.54. The molecule has 2 amide bonds. The molecule has 1 N–H and O–H groups in total. The summed E-state index contributed by atoms with van der Waals surface area (Å²) in [6, 6.07) is 20.8. The van der Waals surface area contributed by atoms with Gasteiger partial charge in [0, 0.05) is 22.4 Å².